The van der Waals surface area contributed by atoms with Crippen molar-refractivity contribution < 1.29 is 18.4 Å². The molecule has 1 aromatic heterocycles. The van der Waals surface area contributed by atoms with Gasteiger partial charge in [0, 0.05) is 6.54 Å². The first kappa shape index (κ1) is 17.9. The Morgan fingerprint density at radius 2 is 2.08 bits per heavy atom. The third-order valence-corrected chi connectivity index (χ3v) is 4.19. The molecule has 7 heteroatoms. The zero-order chi connectivity index (χ0) is 18.7. The van der Waals surface area contributed by atoms with Gasteiger partial charge in [0.2, 0.25) is 0 Å². The molecule has 0 radical (unpaired) electrons. The van der Waals surface area contributed by atoms with Crippen molar-refractivity contribution in [2.75, 3.05) is 7.11 Å². The smallest absolute Gasteiger partial charge is 0.257 e. The summed E-state index contributed by atoms with van der Waals surface area (Å²) in [4.78, 5) is 12.7. The largest absolute Gasteiger partial charge is 0.497 e. The van der Waals surface area contributed by atoms with E-state index in [1.165, 1.54) is 18.2 Å². The van der Waals surface area contributed by atoms with Crippen LogP contribution in [0.2, 0.25) is 5.02 Å². The van der Waals surface area contributed by atoms with Crippen LogP contribution in [0.25, 0.3) is 11.3 Å². The van der Waals surface area contributed by atoms with Gasteiger partial charge in [-0.2, -0.15) is 0 Å². The number of rotatable bonds is 5. The number of methoxy groups -OCH3 is 1. The highest BCUT2D eigenvalue weighted by Gasteiger charge is 2.25. The molecule has 26 heavy (non-hydrogen) atoms. The van der Waals surface area contributed by atoms with Crippen LogP contribution in [0.3, 0.4) is 0 Å². The maximum Gasteiger partial charge on any atom is 0.257 e. The van der Waals surface area contributed by atoms with Crippen molar-refractivity contribution in [3.8, 4) is 17.0 Å². The summed E-state index contributed by atoms with van der Waals surface area (Å²) in [7, 11) is 1.57. The summed E-state index contributed by atoms with van der Waals surface area (Å²) in [5.74, 6) is -0.0345. The minimum absolute atomic E-state index is 0.0394. The average molecular weight is 375 g/mol. The van der Waals surface area contributed by atoms with Gasteiger partial charge >= 0.3 is 0 Å². The number of ether oxygens (including phenoxy) is 1. The number of carbonyl (C=O) groups is 1. The predicted octanol–water partition coefficient (Wildman–Crippen LogP) is 4.38. The van der Waals surface area contributed by atoms with E-state index in [0.717, 1.165) is 5.56 Å². The summed E-state index contributed by atoms with van der Waals surface area (Å²) < 4.78 is 24.5. The standard InChI is InChI=1S/C19H16ClFN2O3/c1-11-16(18(23-26-11)17-14(20)7-4-8-15(17)21)19(24)22-10-12-5-3-6-13(9-12)25-2/h3-9H,10H2,1-2H3,(H,22,24). The Balaban J connectivity index is 1.87. The third-order valence-electron chi connectivity index (χ3n) is 3.88. The molecule has 0 aliphatic carbocycles. The van der Waals surface area contributed by atoms with E-state index in [2.05, 4.69) is 10.5 Å². The van der Waals surface area contributed by atoms with Crippen LogP contribution < -0.4 is 10.1 Å². The van der Waals surface area contributed by atoms with Gasteiger partial charge in [-0.3, -0.25) is 4.79 Å². The Bertz CT molecular complexity index is 935. The van der Waals surface area contributed by atoms with Crippen LogP contribution >= 0.6 is 11.6 Å². The lowest BCUT2D eigenvalue weighted by Gasteiger charge is -2.08. The minimum Gasteiger partial charge on any atom is -0.497 e. The molecule has 0 fully saturated rings. The molecule has 3 rings (SSSR count). The van der Waals surface area contributed by atoms with E-state index in [0.29, 0.717) is 5.75 Å². The second-order valence-corrected chi connectivity index (χ2v) is 6.00. The number of aryl methyl sites for hydroxylation is 1. The quantitative estimate of drug-likeness (QED) is 0.719. The molecule has 3 aromatic rings. The van der Waals surface area contributed by atoms with Gasteiger partial charge in [0.15, 0.2) is 0 Å². The first-order valence-electron chi connectivity index (χ1n) is 7.83. The summed E-state index contributed by atoms with van der Waals surface area (Å²) in [5, 5.41) is 6.77. The van der Waals surface area contributed by atoms with Gasteiger partial charge in [0.05, 0.1) is 17.7 Å². The highest BCUT2D eigenvalue weighted by Crippen LogP contribution is 2.33. The van der Waals surface area contributed by atoms with Gasteiger partial charge < -0.3 is 14.6 Å². The molecule has 2 aromatic carbocycles. The highest BCUT2D eigenvalue weighted by molar-refractivity contribution is 6.33. The summed E-state index contributed by atoms with van der Waals surface area (Å²) in [5.41, 5.74) is 1.13. The molecule has 0 unspecified atom stereocenters. The van der Waals surface area contributed by atoms with Gasteiger partial charge in [-0.25, -0.2) is 4.39 Å². The normalized spacial score (nSPS) is 10.6. The van der Waals surface area contributed by atoms with E-state index < -0.39 is 11.7 Å². The summed E-state index contributed by atoms with van der Waals surface area (Å²) in [6.45, 7) is 1.86. The third kappa shape index (κ3) is 3.55. The van der Waals surface area contributed by atoms with Gasteiger partial charge in [0.25, 0.3) is 5.91 Å². The first-order chi connectivity index (χ1) is 12.5. The molecule has 134 valence electrons. The molecule has 5 nitrogen and oxygen atoms in total. The molecule has 0 saturated heterocycles. The average Bonchev–Trinajstić information content (AvgIpc) is 3.01. The van der Waals surface area contributed by atoms with Crippen LogP contribution in [0.1, 0.15) is 21.7 Å². The second-order valence-electron chi connectivity index (χ2n) is 5.59. The summed E-state index contributed by atoms with van der Waals surface area (Å²) >= 11 is 6.09. The number of carbonyl (C=O) groups excluding carboxylic acids is 1. The van der Waals surface area contributed by atoms with Crippen molar-refractivity contribution in [3.63, 3.8) is 0 Å². The highest BCUT2D eigenvalue weighted by atomic mass is 35.5. The van der Waals surface area contributed by atoms with Crippen LogP contribution in [0, 0.1) is 12.7 Å². The number of aromatic nitrogens is 1. The Hall–Kier alpha value is -2.86. The minimum atomic E-state index is -0.576. The molecule has 0 aliphatic heterocycles. The molecular formula is C19H16ClFN2O3. The Morgan fingerprint density at radius 1 is 1.31 bits per heavy atom. The predicted molar refractivity (Wildman–Crippen MR) is 95.8 cm³/mol. The van der Waals surface area contributed by atoms with Crippen molar-refractivity contribution in [2.45, 2.75) is 13.5 Å². The van der Waals surface area contributed by atoms with Crippen molar-refractivity contribution >= 4 is 17.5 Å². The van der Waals surface area contributed by atoms with E-state index in [4.69, 9.17) is 20.9 Å². The molecule has 1 N–H and O–H groups in total. The lowest BCUT2D eigenvalue weighted by molar-refractivity contribution is 0.0950. The molecule has 0 atom stereocenters. The van der Waals surface area contributed by atoms with E-state index in [9.17, 15) is 9.18 Å². The molecule has 0 aliphatic rings. The number of halogens is 2. The van der Waals surface area contributed by atoms with Gasteiger partial charge in [-0.05, 0) is 36.8 Å². The zero-order valence-corrected chi connectivity index (χ0v) is 14.9. The molecule has 0 bridgehead atoms. The Kier molecular flexibility index (Phi) is 5.23. The molecule has 0 saturated carbocycles. The van der Waals surface area contributed by atoms with E-state index in [-0.39, 0.29) is 34.1 Å². The summed E-state index contributed by atoms with van der Waals surface area (Å²) in [6.07, 6.45) is 0. The number of amides is 1. The Morgan fingerprint density at radius 3 is 2.81 bits per heavy atom. The summed E-state index contributed by atoms with van der Waals surface area (Å²) in [6, 6.07) is 11.6. The number of hydrogen-bond donors (Lipinski definition) is 1. The van der Waals surface area contributed by atoms with Crippen molar-refractivity contribution in [3.05, 3.63) is 70.2 Å². The molecular weight excluding hydrogens is 359 g/mol. The van der Waals surface area contributed by atoms with E-state index in [1.807, 2.05) is 24.3 Å². The van der Waals surface area contributed by atoms with Crippen molar-refractivity contribution in [1.29, 1.82) is 0 Å². The lowest BCUT2D eigenvalue weighted by atomic mass is 10.0. The van der Waals surface area contributed by atoms with Crippen LogP contribution in [0.15, 0.2) is 47.0 Å². The van der Waals surface area contributed by atoms with Crippen LogP contribution in [-0.2, 0) is 6.54 Å². The molecule has 1 heterocycles. The van der Waals surface area contributed by atoms with Crippen LogP contribution in [-0.4, -0.2) is 18.2 Å². The molecule has 0 spiro atoms. The first-order valence-corrected chi connectivity index (χ1v) is 8.21. The fourth-order valence-corrected chi connectivity index (χ4v) is 2.84. The van der Waals surface area contributed by atoms with E-state index >= 15 is 0 Å². The number of nitrogens with zero attached hydrogens (tertiary/aromatic N) is 1. The van der Waals surface area contributed by atoms with Crippen LogP contribution in [0.5, 0.6) is 5.75 Å². The van der Waals surface area contributed by atoms with Crippen LogP contribution in [0.4, 0.5) is 4.39 Å². The maximum absolute atomic E-state index is 14.2. The maximum atomic E-state index is 14.2. The number of hydrogen-bond acceptors (Lipinski definition) is 4. The monoisotopic (exact) mass is 374 g/mol. The van der Waals surface area contributed by atoms with Gasteiger partial charge in [-0.1, -0.05) is 35.0 Å². The topological polar surface area (TPSA) is 64.4 Å². The molecule has 1 amide bonds. The van der Waals surface area contributed by atoms with Gasteiger partial charge in [0.1, 0.15) is 28.6 Å². The number of benzene rings is 2. The zero-order valence-electron chi connectivity index (χ0n) is 14.2. The van der Waals surface area contributed by atoms with E-state index in [1.54, 1.807) is 14.0 Å². The second kappa shape index (κ2) is 7.58. The lowest BCUT2D eigenvalue weighted by Crippen LogP contribution is -2.23. The number of nitrogens with one attached hydrogen (secondary N) is 1. The van der Waals surface area contributed by atoms with Crippen molar-refractivity contribution in [2.24, 2.45) is 0 Å². The SMILES string of the molecule is COc1cccc(CNC(=O)c2c(-c3c(F)cccc3Cl)noc2C)c1. The van der Waals surface area contributed by atoms with Gasteiger partial charge in [-0.15, -0.1) is 0 Å². The fourth-order valence-electron chi connectivity index (χ4n) is 2.59. The van der Waals surface area contributed by atoms with Crippen molar-refractivity contribution in [1.82, 2.24) is 10.5 Å². The fraction of sp³-hybridized carbons (Fsp3) is 0.158. The Labute approximate surface area is 154 Å².